The fraction of sp³-hybridized carbons (Fsp3) is 0.303. The van der Waals surface area contributed by atoms with Crippen molar-refractivity contribution in [1.29, 1.82) is 0 Å². The Kier molecular flexibility index (Phi) is 7.19. The lowest BCUT2D eigenvalue weighted by atomic mass is 9.90. The number of aromatic nitrogens is 6. The molecule has 7 rings (SSSR count). The summed E-state index contributed by atoms with van der Waals surface area (Å²) in [6, 6.07) is 16.3. The van der Waals surface area contributed by atoms with E-state index >= 15 is 0 Å². The van der Waals surface area contributed by atoms with Gasteiger partial charge in [0.1, 0.15) is 11.3 Å². The molecule has 2 aliphatic rings. The van der Waals surface area contributed by atoms with Crippen LogP contribution in [0.25, 0.3) is 34.1 Å². The van der Waals surface area contributed by atoms with Crippen molar-refractivity contribution in [3.63, 3.8) is 0 Å². The number of nitrogens with two attached hydrogens (primary N) is 1. The second kappa shape index (κ2) is 11.3. The molecule has 0 saturated carbocycles. The number of anilines is 1. The van der Waals surface area contributed by atoms with E-state index in [4.69, 9.17) is 20.4 Å². The van der Waals surface area contributed by atoms with Gasteiger partial charge in [-0.2, -0.15) is 5.10 Å². The molecular weight excluding hydrogens is 554 g/mol. The van der Waals surface area contributed by atoms with E-state index in [1.165, 1.54) is 17.2 Å². The van der Waals surface area contributed by atoms with Crippen molar-refractivity contribution in [1.82, 2.24) is 39.5 Å². The number of nitrogens with one attached hydrogen (secondary N) is 1. The minimum atomic E-state index is -0.299. The van der Waals surface area contributed by atoms with Gasteiger partial charge in [0.2, 0.25) is 5.91 Å². The smallest absolute Gasteiger partial charge is 0.245 e. The number of carbonyl (C=O) groups excluding carboxylic acids is 1. The van der Waals surface area contributed by atoms with Crippen LogP contribution in [-0.2, 0) is 16.0 Å². The number of ether oxygens (including phenoxy) is 1. The molecule has 1 amide bonds. The van der Waals surface area contributed by atoms with Gasteiger partial charge in [-0.1, -0.05) is 12.6 Å². The molecule has 224 valence electrons. The molecule has 1 saturated heterocycles. The molecular formula is C33H35N9O2. The maximum atomic E-state index is 12.1. The Morgan fingerprint density at radius 2 is 2.02 bits per heavy atom. The van der Waals surface area contributed by atoms with E-state index < -0.39 is 0 Å². The van der Waals surface area contributed by atoms with Gasteiger partial charge < -0.3 is 20.7 Å². The number of fused-ring (bicyclic) bond motifs is 2. The van der Waals surface area contributed by atoms with Gasteiger partial charge in [-0.15, -0.1) is 0 Å². The third kappa shape index (κ3) is 4.93. The number of imidazole rings is 1. The molecule has 4 aromatic heterocycles. The van der Waals surface area contributed by atoms with Gasteiger partial charge in [0.25, 0.3) is 0 Å². The predicted molar refractivity (Wildman–Crippen MR) is 168 cm³/mol. The highest BCUT2D eigenvalue weighted by Gasteiger charge is 2.37. The van der Waals surface area contributed by atoms with Crippen molar-refractivity contribution >= 4 is 22.9 Å². The van der Waals surface area contributed by atoms with Crippen LogP contribution in [0.1, 0.15) is 36.4 Å². The van der Waals surface area contributed by atoms with Gasteiger partial charge in [0.05, 0.1) is 11.2 Å². The van der Waals surface area contributed by atoms with Crippen molar-refractivity contribution in [3.8, 4) is 22.9 Å². The fourth-order valence-corrected chi connectivity index (χ4v) is 6.49. The highest BCUT2D eigenvalue weighted by atomic mass is 16.5. The summed E-state index contributed by atoms with van der Waals surface area (Å²) >= 11 is 0. The molecule has 3 N–H and O–H groups in total. The van der Waals surface area contributed by atoms with Gasteiger partial charge in [-0.05, 0) is 85.4 Å². The minimum absolute atomic E-state index is 0.0176. The zero-order valence-corrected chi connectivity index (χ0v) is 24.7. The molecule has 11 heteroatoms. The normalized spacial score (nSPS) is 17.6. The number of carbonyl (C=O) groups is 1. The van der Waals surface area contributed by atoms with Gasteiger partial charge in [0.15, 0.2) is 17.3 Å². The zero-order valence-electron chi connectivity index (χ0n) is 24.7. The summed E-state index contributed by atoms with van der Waals surface area (Å²) in [5.74, 6) is 1.78. The Balaban J connectivity index is 1.20. The number of likely N-dealkylation sites (tertiary alicyclic amines) is 1. The van der Waals surface area contributed by atoms with E-state index in [0.29, 0.717) is 36.2 Å². The molecule has 0 spiro atoms. The van der Waals surface area contributed by atoms with E-state index in [1.807, 2.05) is 41.4 Å². The number of benzene rings is 1. The second-order valence-corrected chi connectivity index (χ2v) is 11.4. The number of nitrogens with zero attached hydrogens (tertiary/aromatic N) is 7. The number of hydrogen-bond donors (Lipinski definition) is 2. The molecule has 1 aliphatic heterocycles. The highest BCUT2D eigenvalue weighted by Crippen LogP contribution is 2.37. The molecule has 1 aromatic carbocycles. The average Bonchev–Trinajstić information content (AvgIpc) is 3.82. The van der Waals surface area contributed by atoms with Gasteiger partial charge in [-0.25, -0.2) is 19.6 Å². The Bertz CT molecular complexity index is 1840. The van der Waals surface area contributed by atoms with E-state index in [1.54, 1.807) is 24.2 Å². The number of aryl methyl sites for hydroxylation is 1. The summed E-state index contributed by atoms with van der Waals surface area (Å²) in [5.41, 5.74) is 11.8. The van der Waals surface area contributed by atoms with Crippen LogP contribution in [-0.4, -0.2) is 72.5 Å². The standard InChI is InChI=1S/C33H35N9O2/c1-3-29(43)40-18-13-33(44-2,14-19-40)21-36-26-10-7-22-20-23(8-9-24(22)26)42-31(25-6-4-15-35-30(25)34)38-27-11-12-28(39-32(27)42)41-17-5-16-37-41/h3-6,8-9,11-12,15-17,20,26,36H,1,7,10,13-14,18-19,21H2,2H3,(H2,34,35)/t26-/m0/s1. The van der Waals surface area contributed by atoms with Crippen molar-refractivity contribution in [2.75, 3.05) is 32.5 Å². The first kappa shape index (κ1) is 27.9. The summed E-state index contributed by atoms with van der Waals surface area (Å²) in [7, 11) is 1.77. The van der Waals surface area contributed by atoms with Crippen molar-refractivity contribution < 1.29 is 9.53 Å². The number of piperidine rings is 1. The molecule has 1 fully saturated rings. The first-order valence-corrected chi connectivity index (χ1v) is 14.9. The SMILES string of the molecule is C=CC(=O)N1CCC(CN[C@H]2CCc3cc(-n4c(-c5cccnc5N)nc5ccc(-n6cccn6)nc54)ccc32)(OC)CC1. The van der Waals surface area contributed by atoms with Crippen LogP contribution in [0.4, 0.5) is 5.82 Å². The molecule has 1 aliphatic carbocycles. The maximum absolute atomic E-state index is 12.1. The summed E-state index contributed by atoms with van der Waals surface area (Å²) in [4.78, 5) is 28.2. The molecule has 0 radical (unpaired) electrons. The van der Waals surface area contributed by atoms with Crippen LogP contribution in [0.15, 0.2) is 79.8 Å². The van der Waals surface area contributed by atoms with Crippen LogP contribution in [0.3, 0.4) is 0 Å². The van der Waals surface area contributed by atoms with Gasteiger partial charge >= 0.3 is 0 Å². The van der Waals surface area contributed by atoms with Crippen LogP contribution in [0, 0.1) is 0 Å². The predicted octanol–water partition coefficient (Wildman–Crippen LogP) is 4.02. The van der Waals surface area contributed by atoms with Crippen molar-refractivity contribution in [3.05, 3.63) is 90.9 Å². The quantitative estimate of drug-likeness (QED) is 0.260. The topological polar surface area (TPSA) is 129 Å². The van der Waals surface area contributed by atoms with Crippen molar-refractivity contribution in [2.24, 2.45) is 0 Å². The minimum Gasteiger partial charge on any atom is -0.383 e. The largest absolute Gasteiger partial charge is 0.383 e. The molecule has 5 heterocycles. The highest BCUT2D eigenvalue weighted by molar-refractivity contribution is 5.87. The molecule has 44 heavy (non-hydrogen) atoms. The number of rotatable bonds is 8. The van der Waals surface area contributed by atoms with Crippen molar-refractivity contribution in [2.45, 2.75) is 37.3 Å². The first-order chi connectivity index (χ1) is 21.5. The lowest BCUT2D eigenvalue weighted by molar-refractivity contribution is -0.131. The lowest BCUT2D eigenvalue weighted by Gasteiger charge is -2.41. The Hall–Kier alpha value is -4.87. The fourth-order valence-electron chi connectivity index (χ4n) is 6.49. The Morgan fingerprint density at radius 1 is 1.16 bits per heavy atom. The summed E-state index contributed by atoms with van der Waals surface area (Å²) in [6.45, 7) is 5.69. The molecule has 5 aromatic rings. The number of methoxy groups -OCH3 is 1. The summed E-state index contributed by atoms with van der Waals surface area (Å²) in [5, 5.41) is 8.16. The molecule has 1 atom stereocenters. The molecule has 0 bridgehead atoms. The van der Waals surface area contributed by atoms with E-state index in [9.17, 15) is 4.79 Å². The maximum Gasteiger partial charge on any atom is 0.245 e. The summed E-state index contributed by atoms with van der Waals surface area (Å²) < 4.78 is 9.84. The third-order valence-electron chi connectivity index (χ3n) is 9.04. The zero-order chi connectivity index (χ0) is 30.3. The van der Waals surface area contributed by atoms with E-state index in [0.717, 1.165) is 49.0 Å². The second-order valence-electron chi connectivity index (χ2n) is 11.4. The number of pyridine rings is 2. The first-order valence-electron chi connectivity index (χ1n) is 14.9. The Labute approximate surface area is 255 Å². The number of nitrogen functional groups attached to an aromatic ring is 1. The van der Waals surface area contributed by atoms with E-state index in [2.05, 4.69) is 44.7 Å². The summed E-state index contributed by atoms with van der Waals surface area (Å²) in [6.07, 6.45) is 10.2. The van der Waals surface area contributed by atoms with Gasteiger partial charge in [-0.3, -0.25) is 9.36 Å². The van der Waals surface area contributed by atoms with E-state index in [-0.39, 0.29) is 17.6 Å². The van der Waals surface area contributed by atoms with Crippen LogP contribution in [0.5, 0.6) is 0 Å². The van der Waals surface area contributed by atoms with Gasteiger partial charge in [0, 0.05) is 57.1 Å². The molecule has 0 unspecified atom stereocenters. The number of amides is 1. The van der Waals surface area contributed by atoms with Crippen LogP contribution < -0.4 is 11.1 Å². The molecule has 11 nitrogen and oxygen atoms in total. The monoisotopic (exact) mass is 589 g/mol. The third-order valence-corrected chi connectivity index (χ3v) is 9.04. The van der Waals surface area contributed by atoms with Crippen LogP contribution in [0.2, 0.25) is 0 Å². The lowest BCUT2D eigenvalue weighted by Crippen LogP contribution is -2.52. The Morgan fingerprint density at radius 3 is 2.77 bits per heavy atom. The number of hydrogen-bond acceptors (Lipinski definition) is 8. The van der Waals surface area contributed by atoms with Crippen LogP contribution >= 0.6 is 0 Å². The average molecular weight is 590 g/mol.